The number of hydrogen-bond donors (Lipinski definition) is 0. The van der Waals surface area contributed by atoms with Crippen molar-refractivity contribution in [2.45, 2.75) is 12.5 Å². The van der Waals surface area contributed by atoms with Crippen LogP contribution in [0.4, 0.5) is 0 Å². The van der Waals surface area contributed by atoms with Gasteiger partial charge in [-0.25, -0.2) is 8.42 Å². The first-order chi connectivity index (χ1) is 10.00. The molecule has 0 N–H and O–H groups in total. The summed E-state index contributed by atoms with van der Waals surface area (Å²) >= 11 is 5.90. The fourth-order valence-corrected chi connectivity index (χ4v) is 4.43. The van der Waals surface area contributed by atoms with E-state index in [-0.39, 0.29) is 17.5 Å². The molecular formula is C15H20ClNO3S. The van der Waals surface area contributed by atoms with Gasteiger partial charge < -0.3 is 4.74 Å². The van der Waals surface area contributed by atoms with Crippen molar-refractivity contribution in [1.29, 1.82) is 0 Å². The quantitative estimate of drug-likeness (QED) is 0.721. The fraction of sp³-hybridized carbons (Fsp3) is 0.467. The van der Waals surface area contributed by atoms with Crippen molar-refractivity contribution in [3.05, 3.63) is 41.9 Å². The summed E-state index contributed by atoms with van der Waals surface area (Å²) in [5, 5.41) is 0.636. The second-order valence-corrected chi connectivity index (χ2v) is 7.81. The van der Waals surface area contributed by atoms with E-state index in [1.54, 1.807) is 18.2 Å². The van der Waals surface area contributed by atoms with E-state index in [1.165, 1.54) is 0 Å². The van der Waals surface area contributed by atoms with Crippen molar-refractivity contribution in [3.8, 4) is 5.75 Å². The van der Waals surface area contributed by atoms with Crippen LogP contribution in [0.25, 0.3) is 0 Å². The van der Waals surface area contributed by atoms with Gasteiger partial charge in [0, 0.05) is 24.2 Å². The highest BCUT2D eigenvalue weighted by Gasteiger charge is 2.31. The molecule has 4 nitrogen and oxygen atoms in total. The Morgan fingerprint density at radius 3 is 2.90 bits per heavy atom. The van der Waals surface area contributed by atoms with Crippen LogP contribution in [0.5, 0.6) is 5.75 Å². The second kappa shape index (κ2) is 7.29. The third-order valence-electron chi connectivity index (χ3n) is 3.53. The summed E-state index contributed by atoms with van der Waals surface area (Å²) in [5.41, 5.74) is 0. The van der Waals surface area contributed by atoms with Crippen LogP contribution in [-0.2, 0) is 9.84 Å². The van der Waals surface area contributed by atoms with E-state index >= 15 is 0 Å². The molecule has 1 heterocycles. The topological polar surface area (TPSA) is 46.6 Å². The first-order valence-corrected chi connectivity index (χ1v) is 9.14. The summed E-state index contributed by atoms with van der Waals surface area (Å²) in [6.07, 6.45) is 2.48. The average Bonchev–Trinajstić information content (AvgIpc) is 2.78. The zero-order chi connectivity index (χ0) is 15.3. The molecule has 1 aromatic carbocycles. The van der Waals surface area contributed by atoms with E-state index in [4.69, 9.17) is 16.3 Å². The van der Waals surface area contributed by atoms with Gasteiger partial charge in [-0.15, -0.1) is 6.58 Å². The van der Waals surface area contributed by atoms with Crippen LogP contribution < -0.4 is 4.74 Å². The maximum absolute atomic E-state index is 11.6. The molecule has 1 saturated heterocycles. The summed E-state index contributed by atoms with van der Waals surface area (Å²) in [6.45, 7) is 5.56. The Morgan fingerprint density at radius 1 is 1.48 bits per heavy atom. The van der Waals surface area contributed by atoms with Crippen molar-refractivity contribution in [2.24, 2.45) is 0 Å². The number of sulfone groups is 1. The average molecular weight is 330 g/mol. The van der Waals surface area contributed by atoms with Crippen LogP contribution >= 0.6 is 11.6 Å². The number of ether oxygens (including phenoxy) is 1. The van der Waals surface area contributed by atoms with Gasteiger partial charge in [-0.2, -0.15) is 0 Å². The zero-order valence-electron chi connectivity index (χ0n) is 11.9. The van der Waals surface area contributed by atoms with Crippen LogP contribution in [0, 0.1) is 0 Å². The Balaban J connectivity index is 1.87. The normalized spacial score (nSPS) is 20.6. The molecule has 0 bridgehead atoms. The van der Waals surface area contributed by atoms with Gasteiger partial charge in [-0.3, -0.25) is 4.90 Å². The molecule has 1 aliphatic heterocycles. The molecule has 0 spiro atoms. The Morgan fingerprint density at radius 2 is 2.29 bits per heavy atom. The highest BCUT2D eigenvalue weighted by Crippen LogP contribution is 2.19. The van der Waals surface area contributed by atoms with Gasteiger partial charge in [0.25, 0.3) is 0 Å². The van der Waals surface area contributed by atoms with Crippen molar-refractivity contribution >= 4 is 21.4 Å². The maximum Gasteiger partial charge on any atom is 0.151 e. The SMILES string of the molecule is C=CCN(CCOc1cccc(Cl)c1)[C@H]1CCS(=O)(=O)C1. The molecule has 0 saturated carbocycles. The minimum absolute atomic E-state index is 0.0657. The van der Waals surface area contributed by atoms with E-state index in [0.29, 0.717) is 31.1 Å². The van der Waals surface area contributed by atoms with Gasteiger partial charge in [-0.1, -0.05) is 23.7 Å². The largest absolute Gasteiger partial charge is 0.492 e. The Kier molecular flexibility index (Phi) is 5.67. The predicted molar refractivity (Wildman–Crippen MR) is 85.8 cm³/mol. The van der Waals surface area contributed by atoms with Gasteiger partial charge >= 0.3 is 0 Å². The summed E-state index contributed by atoms with van der Waals surface area (Å²) in [4.78, 5) is 2.11. The first kappa shape index (κ1) is 16.3. The third kappa shape index (κ3) is 5.02. The third-order valence-corrected chi connectivity index (χ3v) is 5.52. The monoisotopic (exact) mass is 329 g/mol. The number of rotatable bonds is 7. The Bertz CT molecular complexity index is 588. The molecule has 21 heavy (non-hydrogen) atoms. The van der Waals surface area contributed by atoms with E-state index < -0.39 is 9.84 Å². The van der Waals surface area contributed by atoms with E-state index in [0.717, 1.165) is 5.75 Å². The highest BCUT2D eigenvalue weighted by atomic mass is 35.5. The summed E-state index contributed by atoms with van der Waals surface area (Å²) < 4.78 is 28.8. The van der Waals surface area contributed by atoms with Gasteiger partial charge in [0.15, 0.2) is 9.84 Å². The van der Waals surface area contributed by atoms with Crippen molar-refractivity contribution in [1.82, 2.24) is 4.90 Å². The lowest BCUT2D eigenvalue weighted by Crippen LogP contribution is -2.39. The number of nitrogens with zero attached hydrogens (tertiary/aromatic N) is 1. The van der Waals surface area contributed by atoms with Crippen LogP contribution in [0.15, 0.2) is 36.9 Å². The van der Waals surface area contributed by atoms with Crippen LogP contribution in [0.1, 0.15) is 6.42 Å². The van der Waals surface area contributed by atoms with Crippen molar-refractivity contribution < 1.29 is 13.2 Å². The van der Waals surface area contributed by atoms with E-state index in [2.05, 4.69) is 11.5 Å². The standard InChI is InChI=1S/C15H20ClNO3S/c1-2-7-17(14-6-10-21(18,19)12-14)8-9-20-15-5-3-4-13(16)11-15/h2-5,11,14H,1,6-10,12H2/t14-/m0/s1. The number of halogens is 1. The second-order valence-electron chi connectivity index (χ2n) is 5.15. The minimum Gasteiger partial charge on any atom is -0.492 e. The molecule has 0 aromatic heterocycles. The van der Waals surface area contributed by atoms with Crippen LogP contribution in [-0.4, -0.2) is 50.6 Å². The van der Waals surface area contributed by atoms with Crippen LogP contribution in [0.2, 0.25) is 5.02 Å². The zero-order valence-corrected chi connectivity index (χ0v) is 13.4. The molecule has 116 valence electrons. The molecule has 1 aromatic rings. The fourth-order valence-electron chi connectivity index (χ4n) is 2.49. The summed E-state index contributed by atoms with van der Waals surface area (Å²) in [6, 6.07) is 7.31. The lowest BCUT2D eigenvalue weighted by Gasteiger charge is -2.26. The van der Waals surface area contributed by atoms with E-state index in [1.807, 2.05) is 12.1 Å². The molecule has 0 aliphatic carbocycles. The Labute approximate surface area is 131 Å². The van der Waals surface area contributed by atoms with Crippen LogP contribution in [0.3, 0.4) is 0 Å². The molecule has 2 rings (SSSR count). The molecule has 1 fully saturated rings. The molecule has 0 amide bonds. The molecule has 0 unspecified atom stereocenters. The Hall–Kier alpha value is -1.04. The molecule has 6 heteroatoms. The number of benzene rings is 1. The first-order valence-electron chi connectivity index (χ1n) is 6.94. The smallest absolute Gasteiger partial charge is 0.151 e. The van der Waals surface area contributed by atoms with E-state index in [9.17, 15) is 8.42 Å². The van der Waals surface area contributed by atoms with Gasteiger partial charge in [-0.05, 0) is 24.6 Å². The highest BCUT2D eigenvalue weighted by molar-refractivity contribution is 7.91. The van der Waals surface area contributed by atoms with Gasteiger partial charge in [0.1, 0.15) is 12.4 Å². The minimum atomic E-state index is -2.88. The van der Waals surface area contributed by atoms with Crippen molar-refractivity contribution in [2.75, 3.05) is 31.2 Å². The maximum atomic E-state index is 11.6. The molecule has 1 atom stereocenters. The summed E-state index contributed by atoms with van der Waals surface area (Å²) in [5.74, 6) is 1.23. The lowest BCUT2D eigenvalue weighted by atomic mass is 10.2. The lowest BCUT2D eigenvalue weighted by molar-refractivity contribution is 0.185. The predicted octanol–water partition coefficient (Wildman–Crippen LogP) is 2.39. The molecule has 0 radical (unpaired) electrons. The van der Waals surface area contributed by atoms with Crippen molar-refractivity contribution in [3.63, 3.8) is 0 Å². The van der Waals surface area contributed by atoms with Gasteiger partial charge in [0.2, 0.25) is 0 Å². The molecule has 1 aliphatic rings. The number of hydrogen-bond acceptors (Lipinski definition) is 4. The summed E-state index contributed by atoms with van der Waals surface area (Å²) in [7, 11) is -2.88. The van der Waals surface area contributed by atoms with Gasteiger partial charge in [0.05, 0.1) is 11.5 Å². The molecular weight excluding hydrogens is 310 g/mol.